The average molecular weight is 228 g/mol. The van der Waals surface area contributed by atoms with Gasteiger partial charge in [0.2, 0.25) is 0 Å². The molecule has 0 aliphatic heterocycles. The number of nitrogens with zero attached hydrogens (tertiary/aromatic N) is 3. The Labute approximate surface area is 91.0 Å². The summed E-state index contributed by atoms with van der Waals surface area (Å²) >= 11 is 0. The van der Waals surface area contributed by atoms with E-state index in [1.165, 1.54) is 32.0 Å². The Hall–Kier alpha value is -2.12. The maximum atomic E-state index is 11.0. The van der Waals surface area contributed by atoms with E-state index >= 15 is 0 Å². The number of hydrogen-bond acceptors (Lipinski definition) is 5. The van der Waals surface area contributed by atoms with E-state index in [2.05, 4.69) is 10.2 Å². The van der Waals surface area contributed by atoms with Crippen LogP contribution in [0.15, 0.2) is 6.20 Å². The molecule has 1 heterocycles. The van der Waals surface area contributed by atoms with Crippen LogP contribution in [-0.4, -0.2) is 38.8 Å². The molecule has 0 unspecified atom stereocenters. The van der Waals surface area contributed by atoms with Gasteiger partial charge in [-0.15, -0.1) is 5.10 Å². The van der Waals surface area contributed by atoms with Gasteiger partial charge >= 0.3 is 11.8 Å². The van der Waals surface area contributed by atoms with E-state index in [4.69, 9.17) is 5.11 Å². The summed E-state index contributed by atoms with van der Waals surface area (Å²) in [6, 6.07) is 0. The summed E-state index contributed by atoms with van der Waals surface area (Å²) in [4.78, 5) is 22.3. The maximum absolute atomic E-state index is 11.0. The third-order valence-corrected chi connectivity index (χ3v) is 2.51. The molecular weight excluding hydrogens is 216 g/mol. The number of hydrogen-bond donors (Lipinski definition) is 2. The van der Waals surface area contributed by atoms with Crippen LogP contribution in [0.3, 0.4) is 0 Å². The van der Waals surface area contributed by atoms with E-state index in [1.54, 1.807) is 0 Å². The van der Waals surface area contributed by atoms with Crippen molar-refractivity contribution >= 4 is 17.5 Å². The molecule has 0 amide bonds. The van der Waals surface area contributed by atoms with Crippen LogP contribution in [0.25, 0.3) is 0 Å². The number of aromatic nitrogens is 2. The molecule has 2 N–H and O–H groups in total. The highest BCUT2D eigenvalue weighted by Gasteiger charge is 2.36. The molecule has 16 heavy (non-hydrogen) atoms. The lowest BCUT2D eigenvalue weighted by atomic mass is 10.0. The molecule has 0 radical (unpaired) electrons. The van der Waals surface area contributed by atoms with Crippen molar-refractivity contribution in [3.63, 3.8) is 0 Å². The monoisotopic (exact) mass is 228 g/mol. The summed E-state index contributed by atoms with van der Waals surface area (Å²) < 4.78 is 0. The molecule has 8 heteroatoms. The fraction of sp³-hybridized carbons (Fsp3) is 0.500. The molecular formula is C8H12N4O4. The smallest absolute Gasteiger partial charge is 0.366 e. The summed E-state index contributed by atoms with van der Waals surface area (Å²) in [5.74, 6) is -1.40. The van der Waals surface area contributed by atoms with Gasteiger partial charge in [-0.3, -0.25) is 0 Å². The molecule has 0 saturated heterocycles. The van der Waals surface area contributed by atoms with Crippen molar-refractivity contribution < 1.29 is 14.8 Å². The van der Waals surface area contributed by atoms with Gasteiger partial charge in [0.15, 0.2) is 5.69 Å². The Kier molecular flexibility index (Phi) is 2.84. The lowest BCUT2D eigenvalue weighted by Gasteiger charge is -2.31. The number of carbonyl (C=O) groups is 1. The van der Waals surface area contributed by atoms with Crippen LogP contribution in [0, 0.1) is 10.1 Å². The summed E-state index contributed by atoms with van der Waals surface area (Å²) in [7, 11) is 1.46. The fourth-order valence-corrected chi connectivity index (χ4v) is 1.10. The fourth-order valence-electron chi connectivity index (χ4n) is 1.10. The summed E-state index contributed by atoms with van der Waals surface area (Å²) in [5.41, 5.74) is -1.12. The molecule has 1 rings (SSSR count). The zero-order valence-corrected chi connectivity index (χ0v) is 9.09. The molecule has 1 aromatic heterocycles. The molecule has 0 aliphatic carbocycles. The molecule has 0 saturated carbocycles. The van der Waals surface area contributed by atoms with Crippen molar-refractivity contribution in [3.8, 4) is 0 Å². The van der Waals surface area contributed by atoms with Gasteiger partial charge in [0.1, 0.15) is 11.7 Å². The second-order valence-corrected chi connectivity index (χ2v) is 3.78. The number of carboxylic acid groups (broad SMARTS) is 1. The highest BCUT2D eigenvalue weighted by atomic mass is 16.6. The SMILES string of the molecule is CN(c1cn[nH]c1[N+](=O)[O-])C(C)(C)C(=O)O. The number of rotatable bonds is 4. The Morgan fingerprint density at radius 2 is 2.25 bits per heavy atom. The molecule has 1 aromatic rings. The van der Waals surface area contributed by atoms with Crippen LogP contribution in [0.2, 0.25) is 0 Å². The van der Waals surface area contributed by atoms with Crippen molar-refractivity contribution in [2.45, 2.75) is 19.4 Å². The zero-order valence-electron chi connectivity index (χ0n) is 9.09. The van der Waals surface area contributed by atoms with Crippen molar-refractivity contribution in [1.82, 2.24) is 10.2 Å². The van der Waals surface area contributed by atoms with E-state index in [0.29, 0.717) is 0 Å². The molecule has 0 fully saturated rings. The van der Waals surface area contributed by atoms with Crippen molar-refractivity contribution in [2.24, 2.45) is 0 Å². The van der Waals surface area contributed by atoms with Gasteiger partial charge in [-0.2, -0.15) is 0 Å². The van der Waals surface area contributed by atoms with Gasteiger partial charge in [0.25, 0.3) is 0 Å². The lowest BCUT2D eigenvalue weighted by Crippen LogP contribution is -2.48. The van der Waals surface area contributed by atoms with Gasteiger partial charge < -0.3 is 20.1 Å². The van der Waals surface area contributed by atoms with Crippen LogP contribution in [0.5, 0.6) is 0 Å². The Balaban J connectivity index is 3.14. The maximum Gasteiger partial charge on any atom is 0.366 e. The number of nitro groups is 1. The second kappa shape index (κ2) is 3.80. The summed E-state index contributed by atoms with van der Waals surface area (Å²) in [5, 5.41) is 25.4. The number of likely N-dealkylation sites (N-methyl/N-ethyl adjacent to an activating group) is 1. The van der Waals surface area contributed by atoms with Gasteiger partial charge in [-0.25, -0.2) is 4.79 Å². The standard InChI is InChI=1S/C8H12N4O4/c1-8(2,7(13)14)11(3)5-4-9-10-6(5)12(15)16/h4H,1-3H3,(H,9,10)(H,13,14). The predicted octanol–water partition coefficient (Wildman–Crippen LogP) is 0.617. The quantitative estimate of drug-likeness (QED) is 0.577. The molecule has 8 nitrogen and oxygen atoms in total. The highest BCUT2D eigenvalue weighted by molar-refractivity contribution is 5.83. The minimum absolute atomic E-state index is 0.136. The summed E-state index contributed by atoms with van der Waals surface area (Å²) in [6.07, 6.45) is 1.23. The largest absolute Gasteiger partial charge is 0.480 e. The lowest BCUT2D eigenvalue weighted by molar-refractivity contribution is -0.388. The number of carboxylic acids is 1. The Morgan fingerprint density at radius 1 is 1.69 bits per heavy atom. The molecule has 88 valence electrons. The van der Waals surface area contributed by atoms with Crippen molar-refractivity contribution in [2.75, 3.05) is 11.9 Å². The van der Waals surface area contributed by atoms with Crippen LogP contribution >= 0.6 is 0 Å². The Morgan fingerprint density at radius 3 is 2.69 bits per heavy atom. The van der Waals surface area contributed by atoms with Crippen molar-refractivity contribution in [1.29, 1.82) is 0 Å². The molecule has 0 aliphatic rings. The average Bonchev–Trinajstić information content (AvgIpc) is 2.64. The summed E-state index contributed by atoms with van der Waals surface area (Å²) in [6.45, 7) is 2.90. The van der Waals surface area contributed by atoms with Gasteiger partial charge in [-0.05, 0) is 18.8 Å². The van der Waals surface area contributed by atoms with Crippen LogP contribution in [-0.2, 0) is 4.79 Å². The van der Waals surface area contributed by atoms with Crippen LogP contribution in [0.1, 0.15) is 13.8 Å². The second-order valence-electron chi connectivity index (χ2n) is 3.78. The molecule has 0 bridgehead atoms. The molecule has 0 spiro atoms. The third kappa shape index (κ3) is 1.81. The van der Waals surface area contributed by atoms with E-state index in [-0.39, 0.29) is 11.5 Å². The topological polar surface area (TPSA) is 112 Å². The van der Waals surface area contributed by atoms with E-state index in [9.17, 15) is 14.9 Å². The number of H-pyrrole nitrogens is 1. The normalized spacial score (nSPS) is 11.2. The minimum atomic E-state index is -1.26. The molecule has 0 aromatic carbocycles. The first kappa shape index (κ1) is 12.0. The van der Waals surface area contributed by atoms with Gasteiger partial charge in [0, 0.05) is 7.05 Å². The predicted molar refractivity (Wildman–Crippen MR) is 55.4 cm³/mol. The van der Waals surface area contributed by atoms with Gasteiger partial charge in [-0.1, -0.05) is 5.10 Å². The first-order valence-corrected chi connectivity index (χ1v) is 4.43. The van der Waals surface area contributed by atoms with E-state index in [0.717, 1.165) is 0 Å². The van der Waals surface area contributed by atoms with E-state index in [1.807, 2.05) is 0 Å². The molecule has 0 atom stereocenters. The zero-order chi connectivity index (χ0) is 12.5. The van der Waals surface area contributed by atoms with Crippen LogP contribution < -0.4 is 4.90 Å². The Bertz CT molecular complexity index is 425. The highest BCUT2D eigenvalue weighted by Crippen LogP contribution is 2.29. The first-order chi connectivity index (χ1) is 7.28. The van der Waals surface area contributed by atoms with Crippen LogP contribution in [0.4, 0.5) is 11.5 Å². The number of aromatic amines is 1. The third-order valence-electron chi connectivity index (χ3n) is 2.51. The number of nitrogens with one attached hydrogen (secondary N) is 1. The number of aliphatic carboxylic acids is 1. The minimum Gasteiger partial charge on any atom is -0.480 e. The number of anilines is 1. The van der Waals surface area contributed by atoms with Crippen molar-refractivity contribution in [3.05, 3.63) is 16.3 Å². The first-order valence-electron chi connectivity index (χ1n) is 4.43. The van der Waals surface area contributed by atoms with Gasteiger partial charge in [0.05, 0.1) is 0 Å². The van der Waals surface area contributed by atoms with E-state index < -0.39 is 16.4 Å².